The van der Waals surface area contributed by atoms with Gasteiger partial charge in [0.05, 0.1) is 27.1 Å². The summed E-state index contributed by atoms with van der Waals surface area (Å²) in [6, 6.07) is 49.2. The Morgan fingerprint density at radius 1 is 0.521 bits per heavy atom. The molecule has 4 heterocycles. The number of aromatic nitrogens is 1. The van der Waals surface area contributed by atoms with Gasteiger partial charge in [0.2, 0.25) is 0 Å². The van der Waals surface area contributed by atoms with Crippen molar-refractivity contribution >= 4 is 87.1 Å². The maximum atomic E-state index is 6.98. The molecule has 1 unspecified atom stereocenters. The Morgan fingerprint density at radius 3 is 1.94 bits per heavy atom. The summed E-state index contributed by atoms with van der Waals surface area (Å²) in [5.41, 5.74) is 5.63. The van der Waals surface area contributed by atoms with Crippen LogP contribution >= 0.6 is 17.4 Å². The van der Waals surface area contributed by atoms with Crippen LogP contribution in [-0.2, 0) is 11.8 Å². The fourth-order valence-corrected chi connectivity index (χ4v) is 13.4. The number of para-hydroxylation sites is 3. The first kappa shape index (κ1) is 26.8. The van der Waals surface area contributed by atoms with Gasteiger partial charge in [-0.2, -0.15) is 0 Å². The van der Waals surface area contributed by atoms with Gasteiger partial charge < -0.3 is 14.0 Å². The molecule has 0 saturated heterocycles. The highest BCUT2D eigenvalue weighted by Gasteiger charge is 2.43. The summed E-state index contributed by atoms with van der Waals surface area (Å²) in [6.07, 6.45) is 0. The maximum Gasteiger partial charge on any atom is 0.154 e. The average Bonchev–Trinajstić information content (AvgIpc) is 3.68. The van der Waals surface area contributed by atoms with E-state index >= 15 is 0 Å². The predicted octanol–water partition coefficient (Wildman–Crippen LogP) is 10.8. The molecule has 6 heteroatoms. The van der Waals surface area contributed by atoms with Crippen LogP contribution < -0.4 is 25.4 Å². The highest BCUT2D eigenvalue weighted by atomic mass is 32.4. The van der Waals surface area contributed by atoms with Gasteiger partial charge in [-0.15, -0.1) is 11.3 Å². The molecule has 226 valence electrons. The van der Waals surface area contributed by atoms with Gasteiger partial charge in [0.1, 0.15) is 17.2 Å². The van der Waals surface area contributed by atoms with E-state index in [1.54, 1.807) is 11.3 Å². The molecule has 11 rings (SSSR count). The molecule has 2 aliphatic rings. The zero-order chi connectivity index (χ0) is 31.6. The fraction of sp³-hybridized carbons (Fsp3) is 0. The second-order valence-electron chi connectivity index (χ2n) is 12.4. The van der Waals surface area contributed by atoms with E-state index in [-0.39, 0.29) is 0 Å². The predicted molar refractivity (Wildman–Crippen MR) is 205 cm³/mol. The Hall–Kier alpha value is -5.19. The van der Waals surface area contributed by atoms with Gasteiger partial charge in [-0.05, 0) is 71.8 Å². The Bertz CT molecular complexity index is 2830. The van der Waals surface area contributed by atoms with Crippen molar-refractivity contribution in [2.75, 3.05) is 0 Å². The van der Waals surface area contributed by atoms with Crippen molar-refractivity contribution in [3.05, 3.63) is 146 Å². The molecule has 0 saturated carbocycles. The Kier molecular flexibility index (Phi) is 5.41. The van der Waals surface area contributed by atoms with Crippen molar-refractivity contribution in [2.45, 2.75) is 0 Å². The van der Waals surface area contributed by atoms with Crippen LogP contribution in [0.2, 0.25) is 0 Å². The van der Waals surface area contributed by atoms with Crippen LogP contribution in [0.4, 0.5) is 0 Å². The summed E-state index contributed by atoms with van der Waals surface area (Å²) >= 11 is 8.64. The quantitative estimate of drug-likeness (QED) is 0.171. The van der Waals surface area contributed by atoms with Crippen LogP contribution in [-0.4, -0.2) is 4.57 Å². The molecule has 2 aliphatic heterocycles. The van der Waals surface area contributed by atoms with E-state index in [1.807, 2.05) is 12.1 Å². The summed E-state index contributed by atoms with van der Waals surface area (Å²) in [4.78, 5) is 0. The van der Waals surface area contributed by atoms with E-state index in [4.69, 9.17) is 21.3 Å². The minimum Gasteiger partial charge on any atom is -0.456 e. The van der Waals surface area contributed by atoms with Crippen molar-refractivity contribution in [1.29, 1.82) is 0 Å². The largest absolute Gasteiger partial charge is 0.456 e. The standard InChI is InChI=1S/C42H24NO2PS2/c47-46-37-15-7-6-14-34(37)44-35-23-26(24-36(41(35)46)45-40-38(46)22-21-31-30-11-3-8-16-39(30)48-42(31)40)25-17-19-27(20-18-25)43-32-12-4-1-9-28(32)29-10-2-5-13-33(29)43/h1-24H. The second kappa shape index (κ2) is 9.68. The summed E-state index contributed by atoms with van der Waals surface area (Å²) in [5, 5.41) is 8.16. The molecule has 0 N–H and O–H groups in total. The van der Waals surface area contributed by atoms with Gasteiger partial charge in [0.15, 0.2) is 5.75 Å². The van der Waals surface area contributed by atoms with Crippen LogP contribution in [0.15, 0.2) is 146 Å². The number of hydrogen-bond donors (Lipinski definition) is 0. The third kappa shape index (κ3) is 3.51. The summed E-state index contributed by atoms with van der Waals surface area (Å²) in [5.74, 6) is 3.32. The van der Waals surface area contributed by atoms with E-state index in [1.165, 1.54) is 37.3 Å². The van der Waals surface area contributed by atoms with Crippen molar-refractivity contribution in [3.8, 4) is 39.8 Å². The lowest BCUT2D eigenvalue weighted by Crippen LogP contribution is -2.34. The maximum absolute atomic E-state index is 6.98. The zero-order valence-electron chi connectivity index (χ0n) is 25.4. The monoisotopic (exact) mass is 669 g/mol. The summed E-state index contributed by atoms with van der Waals surface area (Å²) in [6.45, 7) is 0. The Morgan fingerprint density at radius 2 is 1.17 bits per heavy atom. The third-order valence-corrected chi connectivity index (χ3v) is 15.9. The number of rotatable bonds is 2. The topological polar surface area (TPSA) is 23.4 Å². The lowest BCUT2D eigenvalue weighted by molar-refractivity contribution is 0.470. The molecule has 0 spiro atoms. The minimum atomic E-state index is -2.48. The van der Waals surface area contributed by atoms with Crippen molar-refractivity contribution in [2.24, 2.45) is 0 Å². The van der Waals surface area contributed by atoms with Gasteiger partial charge in [-0.25, -0.2) is 0 Å². The SMILES string of the molecule is S=P12c3ccccc3Oc3cc(-c4ccc(-n5c6ccccc6c6ccccc65)cc4)cc(c31)Oc1c2ccc2c1sc1ccccc12. The van der Waals surface area contributed by atoms with Crippen molar-refractivity contribution in [1.82, 2.24) is 4.57 Å². The molecule has 0 amide bonds. The number of hydrogen-bond acceptors (Lipinski definition) is 4. The summed E-state index contributed by atoms with van der Waals surface area (Å²) < 4.78 is 18.4. The van der Waals surface area contributed by atoms with Crippen molar-refractivity contribution in [3.63, 3.8) is 0 Å². The average molecular weight is 670 g/mol. The molecule has 7 aromatic carbocycles. The van der Waals surface area contributed by atoms with Crippen LogP contribution in [0, 0.1) is 0 Å². The summed E-state index contributed by atoms with van der Waals surface area (Å²) in [7, 11) is 0. The Balaban J connectivity index is 1.11. The van der Waals surface area contributed by atoms with Gasteiger partial charge >= 0.3 is 0 Å². The van der Waals surface area contributed by atoms with E-state index in [0.717, 1.165) is 60.4 Å². The molecule has 0 aliphatic carbocycles. The van der Waals surface area contributed by atoms with Crippen molar-refractivity contribution < 1.29 is 9.47 Å². The first-order valence-corrected chi connectivity index (χ1v) is 19.6. The molecule has 9 aromatic rings. The molecule has 0 bridgehead atoms. The second-order valence-corrected chi connectivity index (χ2v) is 17.7. The van der Waals surface area contributed by atoms with Gasteiger partial charge in [-0.3, -0.25) is 0 Å². The highest BCUT2D eigenvalue weighted by molar-refractivity contribution is 8.26. The molecule has 2 aromatic heterocycles. The van der Waals surface area contributed by atoms with Crippen LogP contribution in [0.3, 0.4) is 0 Å². The van der Waals surface area contributed by atoms with Gasteiger partial charge in [0.25, 0.3) is 0 Å². The number of nitrogens with zero attached hydrogens (tertiary/aromatic N) is 1. The number of thiophene rings is 1. The van der Waals surface area contributed by atoms with Gasteiger partial charge in [-0.1, -0.05) is 96.7 Å². The molecule has 48 heavy (non-hydrogen) atoms. The normalized spacial score (nSPS) is 16.0. The van der Waals surface area contributed by atoms with E-state index in [0.29, 0.717) is 0 Å². The Labute approximate surface area is 285 Å². The van der Waals surface area contributed by atoms with Gasteiger partial charge in [0, 0.05) is 42.5 Å². The third-order valence-electron chi connectivity index (χ3n) is 9.85. The lowest BCUT2D eigenvalue weighted by atomic mass is 10.0. The molecule has 0 radical (unpaired) electrons. The molecule has 0 fully saturated rings. The first-order chi connectivity index (χ1) is 23.7. The van der Waals surface area contributed by atoms with Crippen LogP contribution in [0.5, 0.6) is 23.0 Å². The van der Waals surface area contributed by atoms with E-state index in [2.05, 4.69) is 138 Å². The molecular formula is C42H24NO2PS2. The lowest BCUT2D eigenvalue weighted by Gasteiger charge is -2.37. The van der Waals surface area contributed by atoms with E-state index in [9.17, 15) is 0 Å². The first-order valence-electron chi connectivity index (χ1n) is 15.9. The fourth-order valence-electron chi connectivity index (χ4n) is 7.72. The highest BCUT2D eigenvalue weighted by Crippen LogP contribution is 2.60. The number of ether oxygens (including phenoxy) is 2. The smallest absolute Gasteiger partial charge is 0.154 e. The zero-order valence-corrected chi connectivity index (χ0v) is 27.9. The number of benzene rings is 7. The van der Waals surface area contributed by atoms with Crippen LogP contribution in [0.1, 0.15) is 0 Å². The molecule has 1 atom stereocenters. The minimum absolute atomic E-state index is 0.790. The van der Waals surface area contributed by atoms with Crippen LogP contribution in [0.25, 0.3) is 58.8 Å². The molecule has 3 nitrogen and oxygen atoms in total. The number of fused-ring (bicyclic) bond motifs is 11. The van der Waals surface area contributed by atoms with E-state index < -0.39 is 6.04 Å². The molecular weight excluding hydrogens is 646 g/mol.